The van der Waals surface area contributed by atoms with Crippen molar-refractivity contribution in [2.45, 2.75) is 103 Å². The summed E-state index contributed by atoms with van der Waals surface area (Å²) in [7, 11) is -7.76. The maximum Gasteiger partial charge on any atom is 0.306 e. The fourth-order valence-electron chi connectivity index (χ4n) is 8.45. The molecule has 276 valence electrons. The van der Waals surface area contributed by atoms with Gasteiger partial charge >= 0.3 is 5.97 Å². The van der Waals surface area contributed by atoms with E-state index in [2.05, 4.69) is 196 Å². The van der Waals surface area contributed by atoms with Crippen LogP contribution >= 0.6 is 0 Å². The van der Waals surface area contributed by atoms with Gasteiger partial charge in [0.25, 0.3) is 16.6 Å². The third-order valence-corrected chi connectivity index (χ3v) is 23.3. The molecule has 52 heavy (non-hydrogen) atoms. The van der Waals surface area contributed by atoms with Gasteiger partial charge in [-0.3, -0.25) is 4.79 Å². The van der Waals surface area contributed by atoms with Gasteiger partial charge in [-0.25, -0.2) is 0 Å². The van der Waals surface area contributed by atoms with Crippen LogP contribution in [0.4, 0.5) is 0 Å². The molecular formula is C45H60O4Si3. The Morgan fingerprint density at radius 2 is 1.02 bits per heavy atom. The fraction of sp³-hybridized carbons (Fsp3) is 0.400. The van der Waals surface area contributed by atoms with Crippen molar-refractivity contribution in [3.63, 3.8) is 0 Å². The minimum Gasteiger partial charge on any atom is -0.457 e. The Morgan fingerprint density at radius 3 is 1.38 bits per heavy atom. The molecule has 0 saturated carbocycles. The van der Waals surface area contributed by atoms with Gasteiger partial charge in [-0.2, -0.15) is 0 Å². The summed E-state index contributed by atoms with van der Waals surface area (Å²) < 4.78 is 22.1. The number of esters is 1. The monoisotopic (exact) mass is 748 g/mol. The zero-order chi connectivity index (χ0) is 37.8. The van der Waals surface area contributed by atoms with Gasteiger partial charge in [0.15, 0.2) is 0 Å². The van der Waals surface area contributed by atoms with E-state index in [0.717, 1.165) is 0 Å². The van der Waals surface area contributed by atoms with Crippen LogP contribution in [0.5, 0.6) is 0 Å². The molecule has 4 aromatic carbocycles. The van der Waals surface area contributed by atoms with Crippen LogP contribution in [-0.4, -0.2) is 49.5 Å². The Labute approximate surface area is 316 Å². The second kappa shape index (κ2) is 15.9. The molecule has 1 aliphatic heterocycles. The van der Waals surface area contributed by atoms with Crippen LogP contribution in [0.2, 0.25) is 29.7 Å². The molecule has 1 aliphatic rings. The SMILES string of the molecule is C[C@@H]1CC(=O)O[C@H](CO[Si](c2ccccc2)(c2ccccc2)C(C)(C)C)[C@@H](O[Si](c2ccccc2)(c2ccccc2)C(C)(C)C)C/C=C\1[Si](C)(C)C. The van der Waals surface area contributed by atoms with Gasteiger partial charge in [-0.1, -0.05) is 201 Å². The first-order valence-corrected chi connectivity index (χ1v) is 26.3. The normalized spacial score (nSPS) is 20.5. The van der Waals surface area contributed by atoms with E-state index in [4.69, 9.17) is 13.6 Å². The average molecular weight is 749 g/mol. The third-order valence-electron chi connectivity index (χ3n) is 10.8. The van der Waals surface area contributed by atoms with Gasteiger partial charge in [0, 0.05) is 0 Å². The Balaban J connectivity index is 1.72. The highest BCUT2D eigenvalue weighted by molar-refractivity contribution is 7.00. The van der Waals surface area contributed by atoms with Gasteiger partial charge < -0.3 is 13.6 Å². The van der Waals surface area contributed by atoms with E-state index < -0.39 is 36.9 Å². The molecule has 3 atom stereocenters. The molecule has 0 saturated heterocycles. The molecular weight excluding hydrogens is 689 g/mol. The zero-order valence-electron chi connectivity index (χ0n) is 33.1. The Kier molecular flexibility index (Phi) is 12.2. The summed E-state index contributed by atoms with van der Waals surface area (Å²) in [5, 5.41) is 5.72. The first-order valence-electron chi connectivity index (χ1n) is 18.9. The lowest BCUT2D eigenvalue weighted by molar-refractivity contribution is -0.157. The second-order valence-corrected chi connectivity index (χ2v) is 31.2. The van der Waals surface area contributed by atoms with Crippen LogP contribution in [-0.2, 0) is 18.4 Å². The number of rotatable bonds is 10. The lowest BCUT2D eigenvalue weighted by atomic mass is 10.1. The van der Waals surface area contributed by atoms with Gasteiger partial charge in [-0.05, 0) is 43.2 Å². The van der Waals surface area contributed by atoms with Gasteiger partial charge in [-0.15, -0.1) is 0 Å². The minimum atomic E-state index is -3.03. The van der Waals surface area contributed by atoms with E-state index in [1.54, 1.807) is 0 Å². The van der Waals surface area contributed by atoms with Crippen molar-refractivity contribution >= 4 is 51.4 Å². The van der Waals surface area contributed by atoms with Crippen molar-refractivity contribution in [3.8, 4) is 0 Å². The number of benzene rings is 4. The number of carbonyl (C=O) groups is 1. The molecule has 0 aliphatic carbocycles. The maximum atomic E-state index is 14.1. The summed E-state index contributed by atoms with van der Waals surface area (Å²) in [6.45, 7) is 23.3. The van der Waals surface area contributed by atoms with Crippen LogP contribution in [0.15, 0.2) is 133 Å². The highest BCUT2D eigenvalue weighted by Crippen LogP contribution is 2.41. The van der Waals surface area contributed by atoms with Gasteiger partial charge in [0.1, 0.15) is 6.10 Å². The third kappa shape index (κ3) is 8.24. The molecule has 0 amide bonds. The van der Waals surface area contributed by atoms with E-state index in [9.17, 15) is 4.79 Å². The van der Waals surface area contributed by atoms with Crippen molar-refractivity contribution < 1.29 is 18.4 Å². The zero-order valence-corrected chi connectivity index (χ0v) is 36.1. The van der Waals surface area contributed by atoms with Crippen molar-refractivity contribution in [1.29, 1.82) is 0 Å². The fourth-order valence-corrected chi connectivity index (χ4v) is 20.0. The molecule has 0 fully saturated rings. The summed E-state index contributed by atoms with van der Waals surface area (Å²) in [5.41, 5.74) is 0. The predicted molar refractivity (Wildman–Crippen MR) is 226 cm³/mol. The first-order chi connectivity index (χ1) is 24.5. The van der Waals surface area contributed by atoms with Crippen molar-refractivity contribution in [3.05, 3.63) is 133 Å². The van der Waals surface area contributed by atoms with Crippen LogP contribution < -0.4 is 20.7 Å². The molecule has 0 bridgehead atoms. The summed E-state index contributed by atoms with van der Waals surface area (Å²) in [5.74, 6) is -0.0883. The Bertz CT molecular complexity index is 1690. The second-order valence-electron chi connectivity index (χ2n) is 17.6. The average Bonchev–Trinajstić information content (AvgIpc) is 3.15. The van der Waals surface area contributed by atoms with Crippen molar-refractivity contribution in [1.82, 2.24) is 0 Å². The number of cyclic esters (lactones) is 1. The Hall–Kier alpha value is -3.34. The standard InChI is InChI=1S/C45H60O4Si3/c1-35-33-43(46)48-41(34-47-51(44(2,3)4,36-23-15-11-16-24-36)37-25-17-12-18-26-37)40(31-32-42(35)50(8,9)10)49-52(45(5,6)7,38-27-19-13-20-28-38)39-29-21-14-22-30-39/h11-30,32,35,40-41H,31,33-34H2,1-10H3/b42-32+/t35-,40+,41-/m1/s1. The minimum absolute atomic E-state index is 0.101. The smallest absolute Gasteiger partial charge is 0.306 e. The van der Waals surface area contributed by atoms with E-state index in [0.29, 0.717) is 12.8 Å². The molecule has 4 aromatic rings. The largest absolute Gasteiger partial charge is 0.457 e. The quantitative estimate of drug-likeness (QED) is 0.120. The number of hydrogen-bond donors (Lipinski definition) is 0. The van der Waals surface area contributed by atoms with E-state index in [1.807, 2.05) is 0 Å². The highest BCUT2D eigenvalue weighted by atomic mass is 28.4. The number of carbonyl (C=O) groups excluding carboxylic acids is 1. The van der Waals surface area contributed by atoms with Crippen LogP contribution in [0, 0.1) is 5.92 Å². The lowest BCUT2D eigenvalue weighted by Gasteiger charge is -2.47. The molecule has 0 aromatic heterocycles. The number of allylic oxidation sites excluding steroid dienone is 1. The molecule has 0 unspecified atom stereocenters. The molecule has 0 radical (unpaired) electrons. The maximum absolute atomic E-state index is 14.1. The summed E-state index contributed by atoms with van der Waals surface area (Å²) in [6.07, 6.45) is 2.33. The van der Waals surface area contributed by atoms with E-state index in [-0.39, 0.29) is 28.6 Å². The van der Waals surface area contributed by atoms with Crippen molar-refractivity contribution in [2.75, 3.05) is 6.61 Å². The first kappa shape index (κ1) is 39.9. The van der Waals surface area contributed by atoms with Gasteiger partial charge in [0.2, 0.25) is 0 Å². The van der Waals surface area contributed by atoms with Crippen LogP contribution in [0.25, 0.3) is 0 Å². The predicted octanol–water partition coefficient (Wildman–Crippen LogP) is 8.65. The van der Waals surface area contributed by atoms with Crippen molar-refractivity contribution in [2.24, 2.45) is 5.92 Å². The van der Waals surface area contributed by atoms with Gasteiger partial charge in [0.05, 0.1) is 27.2 Å². The lowest BCUT2D eigenvalue weighted by Crippen LogP contribution is -2.69. The van der Waals surface area contributed by atoms with E-state index >= 15 is 0 Å². The topological polar surface area (TPSA) is 44.8 Å². The highest BCUT2D eigenvalue weighted by Gasteiger charge is 2.54. The number of hydrogen-bond acceptors (Lipinski definition) is 4. The Morgan fingerprint density at radius 1 is 0.635 bits per heavy atom. The summed E-state index contributed by atoms with van der Waals surface area (Å²) in [6, 6.07) is 42.9. The number of ether oxygens (including phenoxy) is 1. The molecule has 1 heterocycles. The molecule has 4 nitrogen and oxygen atoms in total. The van der Waals surface area contributed by atoms with Crippen LogP contribution in [0.1, 0.15) is 61.3 Å². The van der Waals surface area contributed by atoms with Crippen LogP contribution in [0.3, 0.4) is 0 Å². The molecule has 0 spiro atoms. The van der Waals surface area contributed by atoms with E-state index in [1.165, 1.54) is 25.9 Å². The molecule has 7 heteroatoms. The summed E-state index contributed by atoms with van der Waals surface area (Å²) in [4.78, 5) is 14.1. The summed E-state index contributed by atoms with van der Waals surface area (Å²) >= 11 is 0. The molecule has 5 rings (SSSR count). The molecule has 0 N–H and O–H groups in total.